The van der Waals surface area contributed by atoms with Crippen LogP contribution >= 0.6 is 11.3 Å². The highest BCUT2D eigenvalue weighted by Gasteiger charge is 2.12. The predicted octanol–water partition coefficient (Wildman–Crippen LogP) is 4.65. The van der Waals surface area contributed by atoms with Crippen molar-refractivity contribution in [2.24, 2.45) is 0 Å². The fourth-order valence-electron chi connectivity index (χ4n) is 2.78. The van der Waals surface area contributed by atoms with Crippen LogP contribution in [0.25, 0.3) is 21.7 Å². The molecule has 2 heterocycles. The third-order valence-corrected chi connectivity index (χ3v) is 5.08. The lowest BCUT2D eigenvalue weighted by molar-refractivity contribution is -0.686. The lowest BCUT2D eigenvalue weighted by Gasteiger charge is -2.04. The molecule has 4 heteroatoms. The summed E-state index contributed by atoms with van der Waals surface area (Å²) in [5.74, 6) is 0.0697. The van der Waals surface area contributed by atoms with Crippen LogP contribution < -0.4 is 4.57 Å². The molecule has 0 atom stereocenters. The average molecular weight is 357 g/mol. The lowest BCUT2D eigenvalue weighted by Crippen LogP contribution is -2.37. The topological polar surface area (TPSA) is 33.8 Å². The minimum Gasteiger partial charge on any atom is -0.290 e. The second-order valence-electron chi connectivity index (χ2n) is 5.96. The number of hydrogen-bond acceptors (Lipinski definition) is 3. The fourth-order valence-corrected chi connectivity index (χ4v) is 3.49. The van der Waals surface area contributed by atoms with Crippen molar-refractivity contribution in [1.29, 1.82) is 0 Å². The van der Waals surface area contributed by atoms with Gasteiger partial charge in [0.2, 0.25) is 5.78 Å². The number of Topliss-reactive ketones (excluding diaryl/α,β-unsaturated/α-hetero) is 1. The third kappa shape index (κ3) is 3.60. The number of thiophene rings is 1. The molecule has 0 spiro atoms. The Morgan fingerprint density at radius 3 is 2.31 bits per heavy atom. The molecule has 0 aliphatic carbocycles. The summed E-state index contributed by atoms with van der Waals surface area (Å²) in [5, 5.41) is 2.03. The van der Waals surface area contributed by atoms with Crippen LogP contribution in [0.2, 0.25) is 0 Å². The van der Waals surface area contributed by atoms with E-state index in [9.17, 15) is 4.79 Å². The minimum atomic E-state index is 0.0697. The van der Waals surface area contributed by atoms with E-state index in [0.717, 1.165) is 21.7 Å². The summed E-state index contributed by atoms with van der Waals surface area (Å²) in [6.45, 7) is 0.280. The highest BCUT2D eigenvalue weighted by molar-refractivity contribution is 7.13. The molecule has 126 valence electrons. The van der Waals surface area contributed by atoms with Crippen LogP contribution in [0, 0.1) is 0 Å². The average Bonchev–Trinajstić information content (AvgIpc) is 3.24. The van der Waals surface area contributed by atoms with E-state index in [1.165, 1.54) is 0 Å². The van der Waals surface area contributed by atoms with Gasteiger partial charge in [0, 0.05) is 11.6 Å². The van der Waals surface area contributed by atoms with Crippen LogP contribution in [-0.2, 0) is 6.54 Å². The zero-order valence-corrected chi connectivity index (χ0v) is 14.9. The van der Waals surface area contributed by atoms with Crippen molar-refractivity contribution in [1.82, 2.24) is 4.98 Å². The van der Waals surface area contributed by atoms with Gasteiger partial charge in [-0.2, -0.15) is 0 Å². The Labute approximate surface area is 156 Å². The molecule has 2 aromatic carbocycles. The number of aromatic nitrogens is 2. The Bertz CT molecular complexity index is 992. The van der Waals surface area contributed by atoms with E-state index in [1.807, 2.05) is 76.8 Å². The summed E-state index contributed by atoms with van der Waals surface area (Å²) in [4.78, 5) is 18.1. The van der Waals surface area contributed by atoms with E-state index < -0.39 is 0 Å². The van der Waals surface area contributed by atoms with Crippen molar-refractivity contribution < 1.29 is 9.36 Å². The van der Waals surface area contributed by atoms with Crippen molar-refractivity contribution in [2.75, 3.05) is 0 Å². The summed E-state index contributed by atoms with van der Waals surface area (Å²) in [6.07, 6.45) is 3.61. The van der Waals surface area contributed by atoms with Crippen LogP contribution in [0.3, 0.4) is 0 Å². The van der Waals surface area contributed by atoms with E-state index in [-0.39, 0.29) is 12.3 Å². The monoisotopic (exact) mass is 357 g/mol. The molecule has 0 saturated heterocycles. The molecular weight excluding hydrogens is 340 g/mol. The molecule has 4 rings (SSSR count). The number of nitrogens with zero attached hydrogens (tertiary/aromatic N) is 2. The van der Waals surface area contributed by atoms with E-state index in [4.69, 9.17) is 0 Å². The molecule has 26 heavy (non-hydrogen) atoms. The molecule has 0 amide bonds. The highest BCUT2D eigenvalue weighted by Crippen LogP contribution is 2.21. The Kier molecular flexibility index (Phi) is 4.67. The van der Waals surface area contributed by atoms with Crippen molar-refractivity contribution in [3.63, 3.8) is 0 Å². The molecule has 3 nitrogen and oxygen atoms in total. The Morgan fingerprint density at radius 1 is 0.885 bits per heavy atom. The van der Waals surface area contributed by atoms with Crippen molar-refractivity contribution in [2.45, 2.75) is 6.54 Å². The number of carbonyl (C=O) groups excluding carboxylic acids is 1. The van der Waals surface area contributed by atoms with Gasteiger partial charge in [0.15, 0.2) is 12.2 Å². The second-order valence-corrected chi connectivity index (χ2v) is 6.91. The maximum atomic E-state index is 12.5. The standard InChI is InChI=1S/C22H17N2OS/c25-21(15-24-13-12-20(23-16-24)22-7-4-14-26-22)19-10-8-18(9-11-19)17-5-2-1-3-6-17/h1-14,16H,15H2/q+1. The molecule has 0 radical (unpaired) electrons. The number of ketones is 1. The predicted molar refractivity (Wildman–Crippen MR) is 104 cm³/mol. The lowest BCUT2D eigenvalue weighted by atomic mass is 10.0. The van der Waals surface area contributed by atoms with Crippen LogP contribution in [-0.4, -0.2) is 10.8 Å². The molecule has 2 aromatic heterocycles. The molecular formula is C22H17N2OS+. The minimum absolute atomic E-state index is 0.0697. The molecule has 4 aromatic rings. The van der Waals surface area contributed by atoms with Gasteiger partial charge >= 0.3 is 0 Å². The van der Waals surface area contributed by atoms with Gasteiger partial charge in [-0.1, -0.05) is 60.7 Å². The van der Waals surface area contributed by atoms with Gasteiger partial charge < -0.3 is 0 Å². The molecule has 0 saturated carbocycles. The molecule has 0 aliphatic heterocycles. The molecule has 0 N–H and O–H groups in total. The summed E-state index contributed by atoms with van der Waals surface area (Å²) in [7, 11) is 0. The van der Waals surface area contributed by atoms with Gasteiger partial charge in [-0.25, -0.2) is 4.57 Å². The van der Waals surface area contributed by atoms with Gasteiger partial charge in [0.1, 0.15) is 0 Å². The summed E-state index contributed by atoms with van der Waals surface area (Å²) >= 11 is 1.65. The molecule has 0 bridgehead atoms. The van der Waals surface area contributed by atoms with Crippen LogP contribution in [0.5, 0.6) is 0 Å². The largest absolute Gasteiger partial charge is 0.290 e. The van der Waals surface area contributed by atoms with Crippen molar-refractivity contribution in [3.8, 4) is 21.7 Å². The second kappa shape index (κ2) is 7.42. The van der Waals surface area contributed by atoms with Crippen LogP contribution in [0.4, 0.5) is 0 Å². The van der Waals surface area contributed by atoms with Crippen molar-refractivity contribution >= 4 is 17.1 Å². The first-order valence-electron chi connectivity index (χ1n) is 8.37. The van der Waals surface area contributed by atoms with Gasteiger partial charge in [-0.05, 0) is 27.6 Å². The smallest absolute Gasteiger partial charge is 0.287 e. The first kappa shape index (κ1) is 16.4. The van der Waals surface area contributed by atoms with Gasteiger partial charge in [-0.15, -0.1) is 11.3 Å². The van der Waals surface area contributed by atoms with Gasteiger partial charge in [0.05, 0.1) is 11.1 Å². The SMILES string of the molecule is O=C(C[n+]1ccc(-c2cccs2)nc1)c1ccc(-c2ccccc2)cc1. The number of benzene rings is 2. The Hall–Kier alpha value is -3.11. The van der Waals surface area contributed by atoms with Crippen LogP contribution in [0.15, 0.2) is 90.7 Å². The Balaban J connectivity index is 1.46. The summed E-state index contributed by atoms with van der Waals surface area (Å²) in [5.41, 5.74) is 3.89. The molecule has 0 aliphatic rings. The number of carbonyl (C=O) groups is 1. The van der Waals surface area contributed by atoms with Gasteiger partial charge in [0.25, 0.3) is 6.33 Å². The fraction of sp³-hybridized carbons (Fsp3) is 0.0455. The van der Waals surface area contributed by atoms with E-state index in [1.54, 1.807) is 17.7 Å². The maximum Gasteiger partial charge on any atom is 0.287 e. The van der Waals surface area contributed by atoms with Gasteiger partial charge in [-0.3, -0.25) is 4.79 Å². The third-order valence-electron chi connectivity index (χ3n) is 4.18. The van der Waals surface area contributed by atoms with E-state index in [0.29, 0.717) is 5.56 Å². The zero-order chi connectivity index (χ0) is 17.8. The zero-order valence-electron chi connectivity index (χ0n) is 14.1. The molecule has 0 fully saturated rings. The molecule has 0 unspecified atom stereocenters. The summed E-state index contributed by atoms with van der Waals surface area (Å²) in [6, 6.07) is 23.9. The number of rotatable bonds is 5. The maximum absolute atomic E-state index is 12.5. The first-order chi connectivity index (χ1) is 12.8. The normalized spacial score (nSPS) is 10.6. The van der Waals surface area contributed by atoms with Crippen LogP contribution in [0.1, 0.15) is 10.4 Å². The Morgan fingerprint density at radius 2 is 1.65 bits per heavy atom. The van der Waals surface area contributed by atoms with E-state index >= 15 is 0 Å². The van der Waals surface area contributed by atoms with Crippen molar-refractivity contribution in [3.05, 3.63) is 96.3 Å². The first-order valence-corrected chi connectivity index (χ1v) is 9.25. The quantitative estimate of drug-likeness (QED) is 0.385. The van der Waals surface area contributed by atoms with E-state index in [2.05, 4.69) is 17.1 Å². The number of hydrogen-bond donors (Lipinski definition) is 0. The highest BCUT2D eigenvalue weighted by atomic mass is 32.1. The summed E-state index contributed by atoms with van der Waals surface area (Å²) < 4.78 is 1.81.